The normalized spacial score (nSPS) is 16.3. The van der Waals surface area contributed by atoms with Gasteiger partial charge in [0.2, 0.25) is 0 Å². The molecule has 128 valence electrons. The number of rotatable bonds is 4. The number of para-hydroxylation sites is 1. The summed E-state index contributed by atoms with van der Waals surface area (Å²) < 4.78 is 7.84. The van der Waals surface area contributed by atoms with E-state index in [0.717, 1.165) is 24.4 Å². The van der Waals surface area contributed by atoms with Crippen LogP contribution in [-0.4, -0.2) is 22.4 Å². The molecule has 0 fully saturated rings. The topological polar surface area (TPSA) is 39.1 Å². The third-order valence-electron chi connectivity index (χ3n) is 4.79. The Kier molecular flexibility index (Phi) is 4.28. The third-order valence-corrected chi connectivity index (χ3v) is 4.79. The minimum Gasteiger partial charge on any atom is -0.492 e. The van der Waals surface area contributed by atoms with E-state index in [4.69, 9.17) is 4.74 Å². The first kappa shape index (κ1) is 15.9. The van der Waals surface area contributed by atoms with Gasteiger partial charge in [0.15, 0.2) is 0 Å². The Balaban J connectivity index is 1.54. The molecule has 0 spiro atoms. The van der Waals surface area contributed by atoms with Crippen molar-refractivity contribution in [1.82, 2.24) is 15.1 Å². The molecule has 0 radical (unpaired) electrons. The Morgan fingerprint density at radius 3 is 2.92 bits per heavy atom. The first-order valence-electron chi connectivity index (χ1n) is 8.75. The zero-order valence-electron chi connectivity index (χ0n) is 14.7. The lowest BCUT2D eigenvalue weighted by atomic mass is 10.0. The van der Waals surface area contributed by atoms with E-state index < -0.39 is 0 Å². The number of nitrogens with one attached hydrogen (secondary N) is 1. The molecular weight excluding hydrogens is 310 g/mol. The minimum atomic E-state index is 0.320. The van der Waals surface area contributed by atoms with Gasteiger partial charge < -0.3 is 10.1 Å². The average Bonchev–Trinajstić information content (AvgIpc) is 3.15. The van der Waals surface area contributed by atoms with Crippen molar-refractivity contribution in [3.05, 3.63) is 77.1 Å². The summed E-state index contributed by atoms with van der Waals surface area (Å²) >= 11 is 0. The highest BCUT2D eigenvalue weighted by Gasteiger charge is 2.20. The van der Waals surface area contributed by atoms with Crippen molar-refractivity contribution in [1.29, 1.82) is 0 Å². The molecule has 1 aliphatic rings. The molecule has 0 saturated carbocycles. The Morgan fingerprint density at radius 2 is 2.08 bits per heavy atom. The molecule has 1 N–H and O–H groups in total. The molecule has 4 rings (SSSR count). The summed E-state index contributed by atoms with van der Waals surface area (Å²) in [5.74, 6) is 1.02. The number of benzene rings is 2. The van der Waals surface area contributed by atoms with Crippen LogP contribution in [0.4, 0.5) is 0 Å². The fourth-order valence-corrected chi connectivity index (χ4v) is 3.53. The first-order valence-corrected chi connectivity index (χ1v) is 8.75. The van der Waals surface area contributed by atoms with Crippen molar-refractivity contribution >= 4 is 0 Å². The van der Waals surface area contributed by atoms with E-state index in [1.165, 1.54) is 22.3 Å². The molecule has 4 heteroatoms. The predicted octanol–water partition coefficient (Wildman–Crippen LogP) is 3.58. The van der Waals surface area contributed by atoms with Crippen LogP contribution in [0.25, 0.3) is 5.69 Å². The Morgan fingerprint density at radius 1 is 1.20 bits per heavy atom. The molecule has 0 unspecified atom stereocenters. The molecule has 1 aromatic heterocycles. The molecule has 1 atom stereocenters. The highest BCUT2D eigenvalue weighted by atomic mass is 16.5. The number of hydrogen-bond donors (Lipinski definition) is 1. The second kappa shape index (κ2) is 6.73. The Hall–Kier alpha value is -2.59. The molecule has 0 bridgehead atoms. The Bertz CT molecular complexity index is 871. The first-order chi connectivity index (χ1) is 12.2. The molecule has 0 saturated heterocycles. The largest absolute Gasteiger partial charge is 0.492 e. The lowest BCUT2D eigenvalue weighted by molar-refractivity contribution is 0.238. The van der Waals surface area contributed by atoms with Crippen LogP contribution < -0.4 is 10.1 Å². The van der Waals surface area contributed by atoms with Crippen LogP contribution in [0.2, 0.25) is 0 Å². The van der Waals surface area contributed by atoms with E-state index in [-0.39, 0.29) is 0 Å². The monoisotopic (exact) mass is 333 g/mol. The molecule has 0 aliphatic carbocycles. The maximum absolute atomic E-state index is 5.90. The molecular formula is C21H23N3O. The van der Waals surface area contributed by atoms with Crippen LogP contribution >= 0.6 is 0 Å². The fraction of sp³-hybridized carbons (Fsp3) is 0.286. The summed E-state index contributed by atoms with van der Waals surface area (Å²) in [6.07, 6.45) is 4.82. The van der Waals surface area contributed by atoms with Gasteiger partial charge in [0.05, 0.1) is 5.69 Å². The SMILES string of the molecule is Cc1cc(C)c(CN[C@@H]2COc3ccccc3C2)c(-n2cccn2)c1. The zero-order chi connectivity index (χ0) is 17.2. The van der Waals surface area contributed by atoms with Crippen LogP contribution in [0.3, 0.4) is 0 Å². The van der Waals surface area contributed by atoms with E-state index in [1.807, 2.05) is 35.3 Å². The van der Waals surface area contributed by atoms with Crippen molar-refractivity contribution in [2.45, 2.75) is 32.9 Å². The number of aromatic nitrogens is 2. The summed E-state index contributed by atoms with van der Waals surface area (Å²) in [6.45, 7) is 5.81. The molecule has 2 aromatic carbocycles. The van der Waals surface area contributed by atoms with E-state index >= 15 is 0 Å². The van der Waals surface area contributed by atoms with E-state index in [2.05, 4.69) is 48.5 Å². The molecule has 4 nitrogen and oxygen atoms in total. The van der Waals surface area contributed by atoms with Gasteiger partial charge in [-0.25, -0.2) is 4.68 Å². The van der Waals surface area contributed by atoms with Gasteiger partial charge in [-0.2, -0.15) is 5.10 Å². The van der Waals surface area contributed by atoms with Crippen LogP contribution in [0.5, 0.6) is 5.75 Å². The minimum absolute atomic E-state index is 0.320. The molecule has 25 heavy (non-hydrogen) atoms. The average molecular weight is 333 g/mol. The number of aryl methyl sites for hydroxylation is 2. The van der Waals surface area contributed by atoms with Gasteiger partial charge in [-0.1, -0.05) is 24.3 Å². The second-order valence-electron chi connectivity index (χ2n) is 6.73. The molecule has 0 amide bonds. The van der Waals surface area contributed by atoms with Gasteiger partial charge in [0, 0.05) is 25.0 Å². The quantitative estimate of drug-likeness (QED) is 0.793. The van der Waals surface area contributed by atoms with Gasteiger partial charge in [-0.3, -0.25) is 0 Å². The predicted molar refractivity (Wildman–Crippen MR) is 99.3 cm³/mol. The van der Waals surface area contributed by atoms with Gasteiger partial charge in [-0.15, -0.1) is 0 Å². The van der Waals surface area contributed by atoms with Gasteiger partial charge >= 0.3 is 0 Å². The Labute approximate surface area is 148 Å². The van der Waals surface area contributed by atoms with E-state index in [0.29, 0.717) is 12.6 Å². The number of fused-ring (bicyclic) bond motifs is 1. The zero-order valence-corrected chi connectivity index (χ0v) is 14.7. The third kappa shape index (κ3) is 3.30. The van der Waals surface area contributed by atoms with Crippen LogP contribution in [0, 0.1) is 13.8 Å². The highest BCUT2D eigenvalue weighted by Crippen LogP contribution is 2.25. The molecule has 3 aromatic rings. The van der Waals surface area contributed by atoms with Gasteiger partial charge in [0.25, 0.3) is 0 Å². The standard InChI is InChI=1S/C21H23N3O/c1-15-10-16(2)19(20(11-15)24-9-5-8-23-24)13-22-18-12-17-6-3-4-7-21(17)25-14-18/h3-11,18,22H,12-14H2,1-2H3/t18-/m0/s1. The van der Waals surface area contributed by atoms with Crippen LogP contribution in [0.1, 0.15) is 22.3 Å². The van der Waals surface area contributed by atoms with Gasteiger partial charge in [-0.05, 0) is 60.7 Å². The lowest BCUT2D eigenvalue weighted by Gasteiger charge is -2.27. The van der Waals surface area contributed by atoms with Crippen molar-refractivity contribution in [2.24, 2.45) is 0 Å². The van der Waals surface area contributed by atoms with Crippen molar-refractivity contribution < 1.29 is 4.74 Å². The van der Waals surface area contributed by atoms with Crippen molar-refractivity contribution in [3.8, 4) is 11.4 Å². The van der Waals surface area contributed by atoms with Crippen LogP contribution in [0.15, 0.2) is 54.9 Å². The summed E-state index contributed by atoms with van der Waals surface area (Å²) in [5, 5.41) is 8.09. The summed E-state index contributed by atoms with van der Waals surface area (Å²) in [7, 11) is 0. The number of nitrogens with zero attached hydrogens (tertiary/aromatic N) is 2. The van der Waals surface area contributed by atoms with Crippen molar-refractivity contribution in [3.63, 3.8) is 0 Å². The van der Waals surface area contributed by atoms with E-state index in [1.54, 1.807) is 0 Å². The van der Waals surface area contributed by atoms with Crippen molar-refractivity contribution in [2.75, 3.05) is 6.61 Å². The fourth-order valence-electron chi connectivity index (χ4n) is 3.53. The molecule has 1 aliphatic heterocycles. The summed E-state index contributed by atoms with van der Waals surface area (Å²) in [6, 6.07) is 15.0. The molecule has 2 heterocycles. The second-order valence-corrected chi connectivity index (χ2v) is 6.73. The van der Waals surface area contributed by atoms with Gasteiger partial charge in [0.1, 0.15) is 12.4 Å². The lowest BCUT2D eigenvalue weighted by Crippen LogP contribution is -2.39. The smallest absolute Gasteiger partial charge is 0.122 e. The number of hydrogen-bond acceptors (Lipinski definition) is 3. The summed E-state index contributed by atoms with van der Waals surface area (Å²) in [4.78, 5) is 0. The van der Waals surface area contributed by atoms with E-state index in [9.17, 15) is 0 Å². The van der Waals surface area contributed by atoms with Crippen LogP contribution in [-0.2, 0) is 13.0 Å². The highest BCUT2D eigenvalue weighted by molar-refractivity contribution is 5.48. The number of ether oxygens (including phenoxy) is 1. The summed E-state index contributed by atoms with van der Waals surface area (Å²) in [5.41, 5.74) is 6.25. The maximum Gasteiger partial charge on any atom is 0.122 e. The maximum atomic E-state index is 5.90.